The fraction of sp³-hybridized carbons (Fsp3) is 0.693. The maximum absolute atomic E-state index is 12.9. The minimum atomic E-state index is -0.792. The van der Waals surface area contributed by atoms with Crippen LogP contribution in [0.3, 0.4) is 0 Å². The number of unbranched alkanes of at least 4 members (excludes halogenated alkanes) is 30. The van der Waals surface area contributed by atoms with Crippen LogP contribution < -0.4 is 0 Å². The van der Waals surface area contributed by atoms with Crippen LogP contribution in [0.2, 0.25) is 0 Å². The summed E-state index contributed by atoms with van der Waals surface area (Å²) in [5.74, 6) is -0.905. The van der Waals surface area contributed by atoms with E-state index in [2.05, 4.69) is 142 Å². The Balaban J connectivity index is 4.26. The van der Waals surface area contributed by atoms with Crippen LogP contribution in [0.25, 0.3) is 0 Å². The zero-order valence-electron chi connectivity index (χ0n) is 53.0. The van der Waals surface area contributed by atoms with Gasteiger partial charge in [0.15, 0.2) is 6.10 Å². The van der Waals surface area contributed by atoms with E-state index >= 15 is 0 Å². The first-order chi connectivity index (χ1) is 40.0. The van der Waals surface area contributed by atoms with E-state index in [4.69, 9.17) is 14.2 Å². The molecule has 0 aliphatic rings. The molecular formula is C75H126O6. The molecule has 0 heterocycles. The molecule has 0 saturated carbocycles. The lowest BCUT2D eigenvalue weighted by Crippen LogP contribution is -2.30. The molecule has 0 radical (unpaired) electrons. The van der Waals surface area contributed by atoms with Gasteiger partial charge < -0.3 is 14.2 Å². The molecule has 0 aliphatic carbocycles. The lowest BCUT2D eigenvalue weighted by atomic mass is 10.0. The van der Waals surface area contributed by atoms with Gasteiger partial charge in [-0.05, 0) is 128 Å². The number of allylic oxidation sites excluding steroid dienone is 20. The molecule has 6 heteroatoms. The lowest BCUT2D eigenvalue weighted by molar-refractivity contribution is -0.167. The summed E-state index contributed by atoms with van der Waals surface area (Å²) in [5.41, 5.74) is 0. The fourth-order valence-electron chi connectivity index (χ4n) is 9.32. The highest BCUT2D eigenvalue weighted by molar-refractivity contribution is 5.71. The zero-order chi connectivity index (χ0) is 58.5. The van der Waals surface area contributed by atoms with E-state index in [-0.39, 0.29) is 31.1 Å². The van der Waals surface area contributed by atoms with Crippen molar-refractivity contribution in [2.75, 3.05) is 13.2 Å². The third-order valence-corrected chi connectivity index (χ3v) is 14.4. The van der Waals surface area contributed by atoms with E-state index in [1.165, 1.54) is 135 Å². The Morgan fingerprint density at radius 2 is 0.494 bits per heavy atom. The summed E-state index contributed by atoms with van der Waals surface area (Å²) in [6, 6.07) is 0. The summed E-state index contributed by atoms with van der Waals surface area (Å²) >= 11 is 0. The van der Waals surface area contributed by atoms with Crippen molar-refractivity contribution in [1.29, 1.82) is 0 Å². The normalized spacial score (nSPS) is 12.9. The summed E-state index contributed by atoms with van der Waals surface area (Å²) in [6.45, 7) is 6.48. The molecule has 0 amide bonds. The van der Waals surface area contributed by atoms with E-state index in [1.54, 1.807) is 0 Å². The molecule has 0 rings (SSSR count). The lowest BCUT2D eigenvalue weighted by Gasteiger charge is -2.18. The zero-order valence-corrected chi connectivity index (χ0v) is 53.0. The average molecular weight is 1120 g/mol. The van der Waals surface area contributed by atoms with Gasteiger partial charge in [-0.25, -0.2) is 0 Å². The van der Waals surface area contributed by atoms with Crippen molar-refractivity contribution in [3.8, 4) is 0 Å². The van der Waals surface area contributed by atoms with Crippen molar-refractivity contribution in [1.82, 2.24) is 0 Å². The van der Waals surface area contributed by atoms with Crippen molar-refractivity contribution in [3.05, 3.63) is 122 Å². The van der Waals surface area contributed by atoms with Gasteiger partial charge in [-0.15, -0.1) is 0 Å². The van der Waals surface area contributed by atoms with Gasteiger partial charge >= 0.3 is 17.9 Å². The van der Waals surface area contributed by atoms with Crippen molar-refractivity contribution in [3.63, 3.8) is 0 Å². The fourth-order valence-corrected chi connectivity index (χ4v) is 9.32. The molecule has 0 saturated heterocycles. The second kappa shape index (κ2) is 68.3. The van der Waals surface area contributed by atoms with E-state index in [1.807, 2.05) is 0 Å². The smallest absolute Gasteiger partial charge is 0.306 e. The third kappa shape index (κ3) is 66.5. The SMILES string of the molecule is CC/C=C\C/C=C\C/C=C\C/C=C\C/C=C\C/C=C\C/C=C\CCCCCCCCCCCCCC(=O)OCC(COC(=O)CCCCCCC/C=C\C/C=C\CCCC)OC(=O)CCCCCCC/C=C\CCCCCCCCC. The van der Waals surface area contributed by atoms with Crippen LogP contribution in [0.1, 0.15) is 316 Å². The molecule has 0 aromatic rings. The molecule has 1 unspecified atom stereocenters. The number of hydrogen-bond donors (Lipinski definition) is 0. The predicted molar refractivity (Wildman–Crippen MR) is 353 cm³/mol. The molecule has 462 valence electrons. The molecule has 6 nitrogen and oxygen atoms in total. The molecule has 0 fully saturated rings. The van der Waals surface area contributed by atoms with Crippen LogP contribution in [-0.2, 0) is 28.6 Å². The maximum Gasteiger partial charge on any atom is 0.306 e. The van der Waals surface area contributed by atoms with Crippen LogP contribution in [0.4, 0.5) is 0 Å². The van der Waals surface area contributed by atoms with Gasteiger partial charge in [-0.3, -0.25) is 14.4 Å². The minimum absolute atomic E-state index is 0.0876. The van der Waals surface area contributed by atoms with Gasteiger partial charge in [0.1, 0.15) is 13.2 Å². The number of carbonyl (C=O) groups is 3. The number of carbonyl (C=O) groups excluding carboxylic acids is 3. The molecule has 0 aromatic heterocycles. The second-order valence-electron chi connectivity index (χ2n) is 22.3. The van der Waals surface area contributed by atoms with Crippen molar-refractivity contribution in [2.45, 2.75) is 322 Å². The molecule has 0 N–H and O–H groups in total. The third-order valence-electron chi connectivity index (χ3n) is 14.4. The maximum atomic E-state index is 12.9. The van der Waals surface area contributed by atoms with E-state index in [0.717, 1.165) is 141 Å². The van der Waals surface area contributed by atoms with E-state index in [9.17, 15) is 14.4 Å². The largest absolute Gasteiger partial charge is 0.462 e. The Kier molecular flexibility index (Phi) is 64.8. The van der Waals surface area contributed by atoms with Gasteiger partial charge in [0, 0.05) is 19.3 Å². The summed E-state index contributed by atoms with van der Waals surface area (Å²) in [4.78, 5) is 38.3. The topological polar surface area (TPSA) is 78.9 Å². The Bertz CT molecular complexity index is 1670. The molecule has 0 aliphatic heterocycles. The predicted octanol–water partition coefficient (Wildman–Crippen LogP) is 23.6. The monoisotopic (exact) mass is 1120 g/mol. The Morgan fingerprint density at radius 1 is 0.259 bits per heavy atom. The molecular weight excluding hydrogens is 997 g/mol. The summed E-state index contributed by atoms with van der Waals surface area (Å²) in [7, 11) is 0. The average Bonchev–Trinajstić information content (AvgIpc) is 3.47. The standard InChI is InChI=1S/C75H126O6/c1-4-7-10-13-16-19-22-25-28-30-31-32-33-34-35-36-37-38-39-40-41-42-43-44-45-46-48-50-53-56-59-62-65-68-74(77)80-71-72(70-79-73(76)67-64-61-58-55-52-49-27-24-21-18-15-12-9-6-3)81-75(78)69-66-63-60-57-54-51-47-29-26-23-20-17-14-11-8-5-2/h7,10,15-16,18-19,24-25,27-29,31-32,34-35,37-38,40-41,47,72H,4-6,8-9,11-14,17,20-23,26,30,33,36,39,42-46,48-71H2,1-3H3/b10-7-,18-15-,19-16-,27-24-,28-25-,32-31-,35-34-,38-37-,41-40-,47-29-. The van der Waals surface area contributed by atoms with Crippen molar-refractivity contribution >= 4 is 17.9 Å². The summed E-state index contributed by atoms with van der Waals surface area (Å²) in [5, 5.41) is 0. The molecule has 0 spiro atoms. The first-order valence-corrected chi connectivity index (χ1v) is 34.0. The highest BCUT2D eigenvalue weighted by atomic mass is 16.6. The van der Waals surface area contributed by atoms with Gasteiger partial charge in [-0.2, -0.15) is 0 Å². The van der Waals surface area contributed by atoms with E-state index < -0.39 is 6.10 Å². The first kappa shape index (κ1) is 76.8. The van der Waals surface area contributed by atoms with Gasteiger partial charge in [0.25, 0.3) is 0 Å². The van der Waals surface area contributed by atoms with Gasteiger partial charge in [0.05, 0.1) is 0 Å². The number of rotatable bonds is 61. The Morgan fingerprint density at radius 3 is 0.802 bits per heavy atom. The molecule has 0 aromatic carbocycles. The number of esters is 3. The first-order valence-electron chi connectivity index (χ1n) is 34.0. The number of ether oxygens (including phenoxy) is 3. The van der Waals surface area contributed by atoms with Crippen LogP contribution in [0, 0.1) is 0 Å². The minimum Gasteiger partial charge on any atom is -0.462 e. The highest BCUT2D eigenvalue weighted by Crippen LogP contribution is 2.16. The highest BCUT2D eigenvalue weighted by Gasteiger charge is 2.19. The Labute approximate surface area is 501 Å². The molecule has 81 heavy (non-hydrogen) atoms. The number of hydrogen-bond acceptors (Lipinski definition) is 6. The van der Waals surface area contributed by atoms with Crippen molar-refractivity contribution < 1.29 is 28.6 Å². The molecule has 1 atom stereocenters. The Hall–Kier alpha value is -4.19. The molecule has 0 bridgehead atoms. The van der Waals surface area contributed by atoms with Crippen molar-refractivity contribution in [2.24, 2.45) is 0 Å². The van der Waals surface area contributed by atoms with E-state index in [0.29, 0.717) is 19.3 Å². The van der Waals surface area contributed by atoms with Crippen LogP contribution >= 0.6 is 0 Å². The van der Waals surface area contributed by atoms with Crippen LogP contribution in [-0.4, -0.2) is 37.2 Å². The van der Waals surface area contributed by atoms with Crippen LogP contribution in [0.15, 0.2) is 122 Å². The van der Waals surface area contributed by atoms with Gasteiger partial charge in [0.2, 0.25) is 0 Å². The van der Waals surface area contributed by atoms with Gasteiger partial charge in [-0.1, -0.05) is 290 Å². The van der Waals surface area contributed by atoms with Crippen LogP contribution in [0.5, 0.6) is 0 Å². The summed E-state index contributed by atoms with van der Waals surface area (Å²) < 4.78 is 16.9. The summed E-state index contributed by atoms with van der Waals surface area (Å²) in [6.07, 6.45) is 95.0. The second-order valence-corrected chi connectivity index (χ2v) is 22.3. The quantitative estimate of drug-likeness (QED) is 0.0261.